The third kappa shape index (κ3) is 4.64. The number of carbonyl (C=O) groups is 2. The Morgan fingerprint density at radius 2 is 2.32 bits per heavy atom. The van der Waals surface area contributed by atoms with E-state index < -0.39 is 0 Å². The van der Waals surface area contributed by atoms with Crippen molar-refractivity contribution in [2.24, 2.45) is 0 Å². The van der Waals surface area contributed by atoms with E-state index in [1.54, 1.807) is 29.4 Å². The van der Waals surface area contributed by atoms with Crippen LogP contribution in [0.3, 0.4) is 0 Å². The van der Waals surface area contributed by atoms with Crippen LogP contribution in [-0.4, -0.2) is 57.2 Å². The van der Waals surface area contributed by atoms with E-state index in [0.29, 0.717) is 32.5 Å². The number of thiophene rings is 1. The minimum absolute atomic E-state index is 0.00501. The van der Waals surface area contributed by atoms with E-state index in [9.17, 15) is 9.59 Å². The highest BCUT2D eigenvalue weighted by Gasteiger charge is 2.36. The first-order valence-corrected chi connectivity index (χ1v) is 9.18. The number of hydrogen-bond donors (Lipinski definition) is 2. The number of aromatic nitrogens is 3. The van der Waals surface area contributed by atoms with Crippen LogP contribution >= 0.6 is 11.3 Å². The van der Waals surface area contributed by atoms with Gasteiger partial charge in [0.1, 0.15) is 12.7 Å². The molecule has 25 heavy (non-hydrogen) atoms. The van der Waals surface area contributed by atoms with Gasteiger partial charge in [-0.1, -0.05) is 0 Å². The SMILES string of the molecule is CNC(=O)C1CC(NC(=O)CCn2cncn2)CN1Cc1ccsc1. The van der Waals surface area contributed by atoms with Crippen molar-refractivity contribution >= 4 is 23.2 Å². The van der Waals surface area contributed by atoms with Gasteiger partial charge in [-0.2, -0.15) is 16.4 Å². The molecule has 2 aromatic heterocycles. The monoisotopic (exact) mass is 362 g/mol. The number of hydrogen-bond acceptors (Lipinski definition) is 6. The Morgan fingerprint density at radius 3 is 3.00 bits per heavy atom. The fraction of sp³-hybridized carbons (Fsp3) is 0.500. The van der Waals surface area contributed by atoms with Crippen molar-refractivity contribution < 1.29 is 9.59 Å². The molecule has 1 aliphatic heterocycles. The Balaban J connectivity index is 1.54. The maximum Gasteiger partial charge on any atom is 0.237 e. The predicted molar refractivity (Wildman–Crippen MR) is 93.8 cm³/mol. The summed E-state index contributed by atoms with van der Waals surface area (Å²) >= 11 is 1.64. The zero-order valence-electron chi connectivity index (χ0n) is 14.1. The van der Waals surface area contributed by atoms with Gasteiger partial charge in [0, 0.05) is 32.6 Å². The van der Waals surface area contributed by atoms with E-state index in [0.717, 1.165) is 0 Å². The summed E-state index contributed by atoms with van der Waals surface area (Å²) in [7, 11) is 1.65. The predicted octanol–water partition coefficient (Wildman–Crippen LogP) is 0.235. The Bertz CT molecular complexity index is 688. The van der Waals surface area contributed by atoms with Gasteiger partial charge in [-0.25, -0.2) is 4.98 Å². The number of carbonyl (C=O) groups excluding carboxylic acids is 2. The van der Waals surface area contributed by atoms with E-state index >= 15 is 0 Å². The molecular formula is C16H22N6O2S. The minimum atomic E-state index is -0.217. The molecule has 2 atom stereocenters. The van der Waals surface area contributed by atoms with Crippen LogP contribution in [0.15, 0.2) is 29.5 Å². The fourth-order valence-electron chi connectivity index (χ4n) is 3.10. The van der Waals surface area contributed by atoms with Crippen LogP contribution in [0.5, 0.6) is 0 Å². The molecule has 8 nitrogen and oxygen atoms in total. The average molecular weight is 362 g/mol. The summed E-state index contributed by atoms with van der Waals surface area (Å²) in [4.78, 5) is 30.3. The molecule has 0 aliphatic carbocycles. The molecule has 9 heteroatoms. The lowest BCUT2D eigenvalue weighted by Gasteiger charge is -2.22. The summed E-state index contributed by atoms with van der Waals surface area (Å²) in [6.07, 6.45) is 4.01. The number of rotatable bonds is 7. The van der Waals surface area contributed by atoms with Crippen LogP contribution in [0.25, 0.3) is 0 Å². The zero-order valence-corrected chi connectivity index (χ0v) is 14.9. The van der Waals surface area contributed by atoms with Crippen molar-refractivity contribution in [3.63, 3.8) is 0 Å². The molecule has 0 aromatic carbocycles. The van der Waals surface area contributed by atoms with Gasteiger partial charge in [-0.15, -0.1) is 0 Å². The average Bonchev–Trinajstić information content (AvgIpc) is 3.35. The quantitative estimate of drug-likeness (QED) is 0.736. The normalized spacial score (nSPS) is 20.5. The fourth-order valence-corrected chi connectivity index (χ4v) is 3.76. The highest BCUT2D eigenvalue weighted by Crippen LogP contribution is 2.22. The molecule has 2 unspecified atom stereocenters. The number of amides is 2. The van der Waals surface area contributed by atoms with E-state index in [1.165, 1.54) is 11.9 Å². The number of likely N-dealkylation sites (N-methyl/N-ethyl adjacent to an activating group) is 1. The van der Waals surface area contributed by atoms with Crippen molar-refractivity contribution in [2.45, 2.75) is 38.0 Å². The van der Waals surface area contributed by atoms with Crippen molar-refractivity contribution in [1.82, 2.24) is 30.3 Å². The van der Waals surface area contributed by atoms with Crippen LogP contribution < -0.4 is 10.6 Å². The van der Waals surface area contributed by atoms with Gasteiger partial charge in [0.25, 0.3) is 0 Å². The third-order valence-corrected chi connectivity index (χ3v) is 5.05. The summed E-state index contributed by atoms with van der Waals surface area (Å²) in [6, 6.07) is 1.82. The second-order valence-corrected chi connectivity index (χ2v) is 6.88. The standard InChI is InChI=1S/C16H22N6O2S/c1-17-16(24)14-6-13(8-21(14)7-12-3-5-25-9-12)20-15(23)2-4-22-11-18-10-19-22/h3,5,9-11,13-14H,2,4,6-8H2,1H3,(H,17,24)(H,20,23). The molecule has 2 aromatic rings. The second kappa shape index (κ2) is 8.21. The Labute approximate surface area is 150 Å². The van der Waals surface area contributed by atoms with Gasteiger partial charge < -0.3 is 10.6 Å². The molecule has 1 aliphatic rings. The van der Waals surface area contributed by atoms with Crippen LogP contribution in [-0.2, 0) is 22.7 Å². The van der Waals surface area contributed by atoms with Gasteiger partial charge in [0.05, 0.1) is 12.6 Å². The molecule has 134 valence electrons. The first kappa shape index (κ1) is 17.6. The van der Waals surface area contributed by atoms with Gasteiger partial charge in [-0.05, 0) is 28.8 Å². The van der Waals surface area contributed by atoms with E-state index in [1.807, 2.05) is 5.38 Å². The molecule has 3 heterocycles. The molecule has 3 rings (SSSR count). The van der Waals surface area contributed by atoms with Crippen LogP contribution in [0.4, 0.5) is 0 Å². The number of likely N-dealkylation sites (tertiary alicyclic amines) is 1. The van der Waals surface area contributed by atoms with Gasteiger partial charge in [-0.3, -0.25) is 19.2 Å². The topological polar surface area (TPSA) is 92.2 Å². The van der Waals surface area contributed by atoms with Crippen molar-refractivity contribution in [2.75, 3.05) is 13.6 Å². The summed E-state index contributed by atoms with van der Waals surface area (Å²) < 4.78 is 1.63. The highest BCUT2D eigenvalue weighted by atomic mass is 32.1. The highest BCUT2D eigenvalue weighted by molar-refractivity contribution is 7.07. The van der Waals surface area contributed by atoms with E-state index in [4.69, 9.17) is 0 Å². The van der Waals surface area contributed by atoms with Gasteiger partial charge in [0.2, 0.25) is 11.8 Å². The first-order valence-electron chi connectivity index (χ1n) is 8.24. The summed E-state index contributed by atoms with van der Waals surface area (Å²) in [5.74, 6) is -0.0388. The molecule has 0 saturated carbocycles. The lowest BCUT2D eigenvalue weighted by molar-refractivity contribution is -0.125. The lowest BCUT2D eigenvalue weighted by atomic mass is 10.1. The van der Waals surface area contributed by atoms with Crippen molar-refractivity contribution in [1.29, 1.82) is 0 Å². The maximum atomic E-state index is 12.2. The largest absolute Gasteiger partial charge is 0.358 e. The second-order valence-electron chi connectivity index (χ2n) is 6.10. The molecule has 2 amide bonds. The molecular weight excluding hydrogens is 340 g/mol. The Hall–Kier alpha value is -2.26. The molecule has 0 bridgehead atoms. The summed E-state index contributed by atoms with van der Waals surface area (Å²) in [5, 5.41) is 13.9. The van der Waals surface area contributed by atoms with E-state index in [2.05, 4.69) is 37.1 Å². The molecule has 2 N–H and O–H groups in total. The molecule has 0 radical (unpaired) electrons. The zero-order chi connectivity index (χ0) is 17.6. The van der Waals surface area contributed by atoms with E-state index in [-0.39, 0.29) is 23.9 Å². The number of nitrogens with one attached hydrogen (secondary N) is 2. The maximum absolute atomic E-state index is 12.2. The van der Waals surface area contributed by atoms with Crippen LogP contribution in [0, 0.1) is 0 Å². The van der Waals surface area contributed by atoms with Gasteiger partial charge >= 0.3 is 0 Å². The van der Waals surface area contributed by atoms with Gasteiger partial charge in [0.15, 0.2) is 0 Å². The molecule has 1 fully saturated rings. The Morgan fingerprint density at radius 1 is 1.44 bits per heavy atom. The summed E-state index contributed by atoms with van der Waals surface area (Å²) in [5.41, 5.74) is 1.19. The molecule has 0 spiro atoms. The minimum Gasteiger partial charge on any atom is -0.358 e. The van der Waals surface area contributed by atoms with Crippen molar-refractivity contribution in [3.8, 4) is 0 Å². The number of nitrogens with zero attached hydrogens (tertiary/aromatic N) is 4. The van der Waals surface area contributed by atoms with Crippen LogP contribution in [0.1, 0.15) is 18.4 Å². The smallest absolute Gasteiger partial charge is 0.237 e. The molecule has 1 saturated heterocycles. The number of aryl methyl sites for hydroxylation is 1. The summed E-state index contributed by atoms with van der Waals surface area (Å²) in [6.45, 7) is 1.88. The lowest BCUT2D eigenvalue weighted by Crippen LogP contribution is -2.41. The van der Waals surface area contributed by atoms with Crippen molar-refractivity contribution in [3.05, 3.63) is 35.0 Å². The first-order chi connectivity index (χ1) is 12.2. The van der Waals surface area contributed by atoms with Crippen LogP contribution in [0.2, 0.25) is 0 Å². The third-order valence-electron chi connectivity index (χ3n) is 4.32. The Kier molecular flexibility index (Phi) is 5.77.